The fraction of sp³-hybridized carbons (Fsp3) is 0.320. The lowest BCUT2D eigenvalue weighted by molar-refractivity contribution is 0.143. The predicted octanol–water partition coefficient (Wildman–Crippen LogP) is 5.34. The smallest absolute Gasteiger partial charge is 0.412 e. The van der Waals surface area contributed by atoms with Crippen LogP contribution in [0.1, 0.15) is 47.1 Å². The summed E-state index contributed by atoms with van der Waals surface area (Å²) in [4.78, 5) is 24.3. The van der Waals surface area contributed by atoms with Crippen LogP contribution in [0.2, 0.25) is 0 Å². The van der Waals surface area contributed by atoms with E-state index < -0.39 is 6.09 Å². The van der Waals surface area contributed by atoms with Crippen molar-refractivity contribution in [3.63, 3.8) is 0 Å². The fourth-order valence-corrected chi connectivity index (χ4v) is 2.38. The minimum atomic E-state index is -0.641. The van der Waals surface area contributed by atoms with E-state index in [9.17, 15) is 9.59 Å². The largest absolute Gasteiger partial charge is 0.444 e. The van der Waals surface area contributed by atoms with Crippen LogP contribution in [0.4, 0.5) is 9.59 Å². The molecular formula is C25H34N4O3. The zero-order valence-corrected chi connectivity index (χ0v) is 19.8. The normalized spacial score (nSPS) is 12.6. The number of hydrogen-bond acceptors (Lipinski definition) is 4. The molecule has 1 rings (SSSR count). The summed E-state index contributed by atoms with van der Waals surface area (Å²) in [6, 6.07) is 9.02. The summed E-state index contributed by atoms with van der Waals surface area (Å²) in [5, 5.41) is 16.2. The van der Waals surface area contributed by atoms with Gasteiger partial charge in [0.1, 0.15) is 6.61 Å². The van der Waals surface area contributed by atoms with E-state index >= 15 is 0 Å². The van der Waals surface area contributed by atoms with Gasteiger partial charge in [-0.25, -0.2) is 9.59 Å². The molecule has 0 aliphatic rings. The second-order valence-corrected chi connectivity index (χ2v) is 8.47. The maximum absolute atomic E-state index is 12.1. The Bertz CT molecular complexity index is 936. The van der Waals surface area contributed by atoms with Gasteiger partial charge in [-0.2, -0.15) is 0 Å². The van der Waals surface area contributed by atoms with Gasteiger partial charge in [0.05, 0.1) is 11.4 Å². The van der Waals surface area contributed by atoms with E-state index in [4.69, 9.17) is 10.1 Å². The van der Waals surface area contributed by atoms with E-state index in [1.54, 1.807) is 32.1 Å². The van der Waals surface area contributed by atoms with E-state index in [-0.39, 0.29) is 23.9 Å². The quantitative estimate of drug-likeness (QED) is 0.325. The minimum Gasteiger partial charge on any atom is -0.444 e. The van der Waals surface area contributed by atoms with Gasteiger partial charge in [0, 0.05) is 11.2 Å². The molecule has 0 atom stereocenters. The molecule has 0 radical (unpaired) electrons. The zero-order valence-electron chi connectivity index (χ0n) is 19.8. The Kier molecular flexibility index (Phi) is 10.2. The molecule has 0 saturated carbocycles. The summed E-state index contributed by atoms with van der Waals surface area (Å²) < 4.78 is 5.22. The first-order chi connectivity index (χ1) is 14.9. The molecule has 0 heterocycles. The summed E-state index contributed by atoms with van der Waals surface area (Å²) in [6.45, 7) is 14.9. The lowest BCUT2D eigenvalue weighted by atomic mass is 10.1. The molecule has 1 aromatic carbocycles. The third-order valence-electron chi connectivity index (χ3n) is 3.93. The molecule has 7 heteroatoms. The maximum atomic E-state index is 12.1. The fourth-order valence-electron chi connectivity index (χ4n) is 2.38. The van der Waals surface area contributed by atoms with Gasteiger partial charge >= 0.3 is 12.1 Å². The molecule has 32 heavy (non-hydrogen) atoms. The Balaban J connectivity index is 2.87. The third kappa shape index (κ3) is 11.0. The van der Waals surface area contributed by atoms with Crippen LogP contribution in [0.3, 0.4) is 0 Å². The van der Waals surface area contributed by atoms with Crippen LogP contribution < -0.4 is 16.0 Å². The van der Waals surface area contributed by atoms with Gasteiger partial charge in [-0.05, 0) is 70.4 Å². The number of urea groups is 1. The van der Waals surface area contributed by atoms with Gasteiger partial charge in [0.25, 0.3) is 0 Å². The first-order valence-electron chi connectivity index (χ1n) is 10.3. The number of nitrogens with one attached hydrogen (secondary N) is 4. The Hall–Kier alpha value is -3.61. The Morgan fingerprint density at radius 3 is 2.19 bits per heavy atom. The average Bonchev–Trinajstić information content (AvgIpc) is 2.68. The molecule has 0 bridgehead atoms. The SMILES string of the molecule is C=C(C)\C(=C/C=C(C)/C=C(\NC(=O)OCc1ccccc1)C(C)=N)NC(=O)NC(C)(C)C. The molecule has 0 fully saturated rings. The van der Waals surface area contributed by atoms with Gasteiger partial charge < -0.3 is 20.8 Å². The topological polar surface area (TPSA) is 103 Å². The highest BCUT2D eigenvalue weighted by molar-refractivity contribution is 5.98. The highest BCUT2D eigenvalue weighted by Gasteiger charge is 2.14. The number of carbonyl (C=O) groups is 2. The molecule has 0 saturated heterocycles. The Morgan fingerprint density at radius 1 is 1.03 bits per heavy atom. The molecule has 0 spiro atoms. The van der Waals surface area contributed by atoms with Crippen molar-refractivity contribution in [2.75, 3.05) is 0 Å². The van der Waals surface area contributed by atoms with E-state index in [0.29, 0.717) is 17.0 Å². The number of amides is 3. The summed E-state index contributed by atoms with van der Waals surface area (Å²) >= 11 is 0. The lowest BCUT2D eigenvalue weighted by Crippen LogP contribution is -2.46. The number of rotatable bonds is 8. The highest BCUT2D eigenvalue weighted by atomic mass is 16.5. The summed E-state index contributed by atoms with van der Waals surface area (Å²) in [5.41, 5.74) is 3.01. The predicted molar refractivity (Wildman–Crippen MR) is 129 cm³/mol. The van der Waals surface area contributed by atoms with E-state index in [0.717, 1.165) is 11.1 Å². The second-order valence-electron chi connectivity index (χ2n) is 8.47. The van der Waals surface area contributed by atoms with Crippen molar-refractivity contribution >= 4 is 17.8 Å². The molecule has 1 aromatic rings. The molecule has 3 amide bonds. The standard InChI is InChI=1S/C25H34N4O3/c1-17(2)21(27-23(30)29-25(5,6)7)14-13-18(3)15-22(19(4)26)28-24(31)32-16-20-11-9-8-10-12-20/h8-15,26H,1,16H2,2-7H3,(H,28,31)(H2,27,29,30)/b18-13+,21-14+,22-15-,26-19?. The monoisotopic (exact) mass is 438 g/mol. The Labute approximate surface area is 190 Å². The summed E-state index contributed by atoms with van der Waals surface area (Å²) in [7, 11) is 0. The highest BCUT2D eigenvalue weighted by Crippen LogP contribution is 2.08. The van der Waals surface area contributed by atoms with E-state index in [2.05, 4.69) is 22.5 Å². The van der Waals surface area contributed by atoms with Crippen LogP contribution >= 0.6 is 0 Å². The third-order valence-corrected chi connectivity index (χ3v) is 3.93. The molecule has 7 nitrogen and oxygen atoms in total. The molecule has 0 aliphatic carbocycles. The van der Waals surface area contributed by atoms with Crippen molar-refractivity contribution in [2.45, 2.75) is 53.7 Å². The van der Waals surface area contributed by atoms with Crippen molar-refractivity contribution < 1.29 is 14.3 Å². The number of hydrogen-bond donors (Lipinski definition) is 4. The van der Waals surface area contributed by atoms with Gasteiger partial charge in [0.2, 0.25) is 0 Å². The van der Waals surface area contributed by atoms with Gasteiger partial charge in [-0.3, -0.25) is 5.32 Å². The number of ether oxygens (including phenoxy) is 1. The number of benzene rings is 1. The first-order valence-corrected chi connectivity index (χ1v) is 10.3. The minimum absolute atomic E-state index is 0.138. The summed E-state index contributed by atoms with van der Waals surface area (Å²) in [5.74, 6) is 0. The lowest BCUT2D eigenvalue weighted by Gasteiger charge is -2.21. The van der Waals surface area contributed by atoms with Crippen LogP contribution in [0.15, 0.2) is 77.7 Å². The van der Waals surface area contributed by atoms with Crippen molar-refractivity contribution in [3.05, 3.63) is 83.2 Å². The number of carbonyl (C=O) groups excluding carboxylic acids is 2. The van der Waals surface area contributed by atoms with Crippen molar-refractivity contribution in [2.24, 2.45) is 0 Å². The van der Waals surface area contributed by atoms with Crippen molar-refractivity contribution in [3.8, 4) is 0 Å². The summed E-state index contributed by atoms with van der Waals surface area (Å²) in [6.07, 6.45) is 4.51. The van der Waals surface area contributed by atoms with Crippen molar-refractivity contribution in [1.29, 1.82) is 5.41 Å². The molecule has 172 valence electrons. The number of allylic oxidation sites excluding steroid dienone is 6. The molecular weight excluding hydrogens is 404 g/mol. The first kappa shape index (κ1) is 26.4. The van der Waals surface area contributed by atoms with Gasteiger partial charge in [-0.15, -0.1) is 0 Å². The van der Waals surface area contributed by atoms with Gasteiger partial charge in [-0.1, -0.05) is 43.0 Å². The van der Waals surface area contributed by atoms with E-state index in [1.807, 2.05) is 58.0 Å². The molecule has 0 unspecified atom stereocenters. The number of alkyl carbamates (subject to hydrolysis) is 1. The van der Waals surface area contributed by atoms with Crippen molar-refractivity contribution in [1.82, 2.24) is 16.0 Å². The molecule has 0 aliphatic heterocycles. The van der Waals surface area contributed by atoms with Gasteiger partial charge in [0.15, 0.2) is 0 Å². The van der Waals surface area contributed by atoms with Crippen LogP contribution in [0, 0.1) is 5.41 Å². The maximum Gasteiger partial charge on any atom is 0.412 e. The van der Waals surface area contributed by atoms with Crippen LogP contribution in [-0.2, 0) is 11.3 Å². The molecule has 4 N–H and O–H groups in total. The zero-order chi connectivity index (χ0) is 24.3. The Morgan fingerprint density at radius 2 is 1.66 bits per heavy atom. The van der Waals surface area contributed by atoms with Crippen LogP contribution in [0.5, 0.6) is 0 Å². The average molecular weight is 439 g/mol. The van der Waals surface area contributed by atoms with E-state index in [1.165, 1.54) is 0 Å². The van der Waals surface area contributed by atoms with Crippen LogP contribution in [-0.4, -0.2) is 23.4 Å². The molecule has 0 aromatic heterocycles. The van der Waals surface area contributed by atoms with Crippen LogP contribution in [0.25, 0.3) is 0 Å². The second kappa shape index (κ2) is 12.3.